The van der Waals surface area contributed by atoms with E-state index in [-0.39, 0.29) is 22.3 Å². The molecule has 1 heterocycles. The van der Waals surface area contributed by atoms with Crippen LogP contribution in [-0.2, 0) is 4.79 Å². The van der Waals surface area contributed by atoms with Gasteiger partial charge in [-0.2, -0.15) is 4.37 Å². The van der Waals surface area contributed by atoms with Crippen molar-refractivity contribution in [3.8, 4) is 17.2 Å². The molecule has 1 saturated carbocycles. The van der Waals surface area contributed by atoms with E-state index in [1.165, 1.54) is 26.2 Å². The number of hydrogen-bond donors (Lipinski definition) is 3. The maximum Gasteiger partial charge on any atom is 0.273 e. The highest BCUT2D eigenvalue weighted by molar-refractivity contribution is 7.09. The van der Waals surface area contributed by atoms with Crippen molar-refractivity contribution in [1.82, 2.24) is 9.69 Å². The first-order chi connectivity index (χ1) is 18.8. The standard InChI is InChI=1S/C27H31N5O6S/c1-36-17-10-8-16(9-11-17)32(27(35)24-21(28)22(25(29)33)31-39-24)23(26(34)30-15-6-4-5-7-15)19-14-18(37-2)12-13-20(19)38-3/h8-15,23H,4-7,28H2,1-3H3,(H2,29,33)(H,30,34)/t23-/m0/s1. The SMILES string of the molecule is COc1ccc(N(C(=O)c2snc(C(N)=O)c2N)[C@H](C(=O)NC2CCCC2)c2cc(OC)ccc2OC)cc1. The summed E-state index contributed by atoms with van der Waals surface area (Å²) in [6, 6.07) is 10.5. The van der Waals surface area contributed by atoms with Crippen molar-refractivity contribution in [2.45, 2.75) is 37.8 Å². The minimum Gasteiger partial charge on any atom is -0.497 e. The van der Waals surface area contributed by atoms with Crippen LogP contribution in [0.2, 0.25) is 0 Å². The predicted octanol–water partition coefficient (Wildman–Crippen LogP) is 3.30. The Hall–Kier alpha value is -4.32. The zero-order valence-corrected chi connectivity index (χ0v) is 22.7. The third kappa shape index (κ3) is 5.75. The molecule has 206 valence electrons. The molecule has 4 rings (SSSR count). The lowest BCUT2D eigenvalue weighted by atomic mass is 10.00. The Morgan fingerprint density at radius 1 is 1.00 bits per heavy atom. The Kier molecular flexibility index (Phi) is 8.55. The third-order valence-electron chi connectivity index (χ3n) is 6.66. The zero-order chi connectivity index (χ0) is 28.1. The Bertz CT molecular complexity index is 1350. The van der Waals surface area contributed by atoms with E-state index in [0.717, 1.165) is 37.2 Å². The summed E-state index contributed by atoms with van der Waals surface area (Å²) in [7, 11) is 4.52. The molecule has 3 aromatic rings. The van der Waals surface area contributed by atoms with Crippen LogP contribution in [0.25, 0.3) is 0 Å². The van der Waals surface area contributed by atoms with E-state index in [1.54, 1.807) is 42.5 Å². The van der Waals surface area contributed by atoms with Gasteiger partial charge in [-0.3, -0.25) is 19.3 Å². The molecule has 3 amide bonds. The molecular weight excluding hydrogens is 522 g/mol. The number of carbonyl (C=O) groups is 3. The van der Waals surface area contributed by atoms with Crippen LogP contribution in [0.3, 0.4) is 0 Å². The van der Waals surface area contributed by atoms with Crippen LogP contribution in [0.1, 0.15) is 57.4 Å². The molecule has 2 aromatic carbocycles. The molecule has 0 radical (unpaired) electrons. The topological polar surface area (TPSA) is 159 Å². The Morgan fingerprint density at radius 3 is 2.21 bits per heavy atom. The number of nitrogens with one attached hydrogen (secondary N) is 1. The fraction of sp³-hybridized carbons (Fsp3) is 0.333. The fourth-order valence-electron chi connectivity index (χ4n) is 4.67. The van der Waals surface area contributed by atoms with Crippen LogP contribution in [0, 0.1) is 0 Å². The third-order valence-corrected chi connectivity index (χ3v) is 7.52. The zero-order valence-electron chi connectivity index (χ0n) is 21.9. The number of carbonyl (C=O) groups excluding carboxylic acids is 3. The highest BCUT2D eigenvalue weighted by atomic mass is 32.1. The summed E-state index contributed by atoms with van der Waals surface area (Å²) < 4.78 is 20.3. The molecule has 1 aliphatic rings. The summed E-state index contributed by atoms with van der Waals surface area (Å²) in [5.41, 5.74) is 12.0. The monoisotopic (exact) mass is 553 g/mol. The summed E-state index contributed by atoms with van der Waals surface area (Å²) in [5, 5.41) is 3.11. The van der Waals surface area contributed by atoms with Gasteiger partial charge in [-0.1, -0.05) is 12.8 Å². The molecule has 0 spiro atoms. The molecule has 0 unspecified atom stereocenters. The Morgan fingerprint density at radius 2 is 1.64 bits per heavy atom. The largest absolute Gasteiger partial charge is 0.497 e. The van der Waals surface area contributed by atoms with Gasteiger partial charge in [0.05, 0.1) is 27.0 Å². The Balaban J connectivity index is 1.93. The summed E-state index contributed by atoms with van der Waals surface area (Å²) in [5.74, 6) is -0.493. The average Bonchev–Trinajstić information content (AvgIpc) is 3.60. The summed E-state index contributed by atoms with van der Waals surface area (Å²) in [4.78, 5) is 41.5. The number of rotatable bonds is 10. The van der Waals surface area contributed by atoms with Crippen molar-refractivity contribution < 1.29 is 28.6 Å². The van der Waals surface area contributed by atoms with Crippen LogP contribution in [0.4, 0.5) is 11.4 Å². The van der Waals surface area contributed by atoms with Crippen LogP contribution in [0.15, 0.2) is 42.5 Å². The van der Waals surface area contributed by atoms with Gasteiger partial charge >= 0.3 is 0 Å². The minimum atomic E-state index is -1.20. The molecule has 11 nitrogen and oxygen atoms in total. The highest BCUT2D eigenvalue weighted by Crippen LogP contribution is 2.39. The summed E-state index contributed by atoms with van der Waals surface area (Å²) >= 11 is 0.739. The van der Waals surface area contributed by atoms with Gasteiger partial charge < -0.3 is 31.0 Å². The van der Waals surface area contributed by atoms with Gasteiger partial charge in [-0.15, -0.1) is 0 Å². The van der Waals surface area contributed by atoms with Crippen molar-refractivity contribution in [2.24, 2.45) is 5.73 Å². The molecule has 0 saturated heterocycles. The van der Waals surface area contributed by atoms with Gasteiger partial charge in [0.2, 0.25) is 5.91 Å². The van der Waals surface area contributed by atoms with Crippen molar-refractivity contribution in [1.29, 1.82) is 0 Å². The smallest absolute Gasteiger partial charge is 0.273 e. The van der Waals surface area contributed by atoms with Gasteiger partial charge in [0.25, 0.3) is 11.8 Å². The lowest BCUT2D eigenvalue weighted by Gasteiger charge is -2.33. The quantitative estimate of drug-likeness (QED) is 0.345. The molecule has 1 fully saturated rings. The first kappa shape index (κ1) is 27.7. The first-order valence-corrected chi connectivity index (χ1v) is 13.1. The van der Waals surface area contributed by atoms with Crippen LogP contribution < -0.4 is 35.9 Å². The average molecular weight is 554 g/mol. The number of nitrogens with zero attached hydrogens (tertiary/aromatic N) is 2. The highest BCUT2D eigenvalue weighted by Gasteiger charge is 2.38. The number of primary amides is 1. The van der Waals surface area contributed by atoms with E-state index in [1.807, 2.05) is 0 Å². The lowest BCUT2D eigenvalue weighted by molar-refractivity contribution is -0.123. The molecule has 1 aromatic heterocycles. The number of amides is 3. The van der Waals surface area contributed by atoms with Gasteiger partial charge in [0.1, 0.15) is 28.2 Å². The second-order valence-electron chi connectivity index (χ2n) is 9.01. The molecule has 5 N–H and O–H groups in total. The second-order valence-corrected chi connectivity index (χ2v) is 9.79. The number of ether oxygens (including phenoxy) is 3. The number of benzene rings is 2. The second kappa shape index (κ2) is 12.0. The maximum absolute atomic E-state index is 14.2. The number of anilines is 2. The van der Waals surface area contributed by atoms with Crippen molar-refractivity contribution in [3.63, 3.8) is 0 Å². The predicted molar refractivity (Wildman–Crippen MR) is 148 cm³/mol. The molecule has 0 aliphatic heterocycles. The van der Waals surface area contributed by atoms with E-state index < -0.39 is 23.8 Å². The normalized spacial score (nSPS) is 13.9. The fourth-order valence-corrected chi connectivity index (χ4v) is 5.41. The molecular formula is C27H31N5O6S. The molecule has 1 atom stereocenters. The number of aromatic nitrogens is 1. The number of methoxy groups -OCH3 is 3. The van der Waals surface area contributed by atoms with E-state index in [4.69, 9.17) is 25.7 Å². The van der Waals surface area contributed by atoms with Crippen molar-refractivity contribution >= 4 is 40.6 Å². The van der Waals surface area contributed by atoms with Gasteiger partial charge in [0, 0.05) is 17.3 Å². The Labute approximate surface area is 230 Å². The van der Waals surface area contributed by atoms with Crippen LogP contribution in [-0.4, -0.2) is 49.5 Å². The number of nitrogen functional groups attached to an aromatic ring is 1. The summed E-state index contributed by atoms with van der Waals surface area (Å²) in [6.45, 7) is 0. The number of nitrogens with two attached hydrogens (primary N) is 2. The molecule has 12 heteroatoms. The van der Waals surface area contributed by atoms with Crippen molar-refractivity contribution in [2.75, 3.05) is 32.0 Å². The van der Waals surface area contributed by atoms with E-state index in [0.29, 0.717) is 28.5 Å². The first-order valence-electron chi connectivity index (χ1n) is 12.3. The number of hydrogen-bond acceptors (Lipinski definition) is 9. The lowest BCUT2D eigenvalue weighted by Crippen LogP contribution is -2.46. The van der Waals surface area contributed by atoms with E-state index in [2.05, 4.69) is 9.69 Å². The van der Waals surface area contributed by atoms with Gasteiger partial charge in [-0.05, 0) is 66.8 Å². The van der Waals surface area contributed by atoms with E-state index in [9.17, 15) is 14.4 Å². The maximum atomic E-state index is 14.2. The van der Waals surface area contributed by atoms with E-state index >= 15 is 0 Å². The molecule has 39 heavy (non-hydrogen) atoms. The molecule has 0 bridgehead atoms. The van der Waals surface area contributed by atoms with Crippen LogP contribution >= 0.6 is 11.5 Å². The van der Waals surface area contributed by atoms with Gasteiger partial charge in [-0.25, -0.2) is 0 Å². The molecule has 1 aliphatic carbocycles. The summed E-state index contributed by atoms with van der Waals surface area (Å²) in [6.07, 6.45) is 3.70. The van der Waals surface area contributed by atoms with Crippen molar-refractivity contribution in [3.05, 3.63) is 58.6 Å². The van der Waals surface area contributed by atoms with Crippen LogP contribution in [0.5, 0.6) is 17.2 Å². The van der Waals surface area contributed by atoms with Gasteiger partial charge in [0.15, 0.2) is 5.69 Å². The minimum absolute atomic E-state index is 0.0276.